The normalized spacial score (nSPS) is 15.2. The van der Waals surface area contributed by atoms with E-state index in [-0.39, 0.29) is 5.82 Å². The molecule has 28 heavy (non-hydrogen) atoms. The number of nitrogens with one attached hydrogen (secondary N) is 1. The molecule has 8 heteroatoms. The molecular weight excluding hydrogens is 362 g/mol. The topological polar surface area (TPSA) is 48.7 Å². The van der Waals surface area contributed by atoms with Crippen LogP contribution in [0.5, 0.6) is 0 Å². The van der Waals surface area contributed by atoms with Crippen LogP contribution in [0.15, 0.2) is 35.6 Å². The Bertz CT molecular complexity index is 796. The van der Waals surface area contributed by atoms with Gasteiger partial charge in [-0.1, -0.05) is 0 Å². The van der Waals surface area contributed by atoms with Gasteiger partial charge in [-0.05, 0) is 38.0 Å². The zero-order valence-electron chi connectivity index (χ0n) is 16.5. The fourth-order valence-electron chi connectivity index (χ4n) is 3.32. The summed E-state index contributed by atoms with van der Waals surface area (Å²) in [5.41, 5.74) is 1.49. The van der Waals surface area contributed by atoms with Crippen molar-refractivity contribution in [3.05, 3.63) is 47.8 Å². The van der Waals surface area contributed by atoms with Gasteiger partial charge in [-0.2, -0.15) is 5.10 Å². The van der Waals surface area contributed by atoms with Crippen LogP contribution in [0, 0.1) is 18.6 Å². The lowest BCUT2D eigenvalue weighted by Gasteiger charge is -2.37. The van der Waals surface area contributed by atoms with Crippen molar-refractivity contribution in [2.24, 2.45) is 4.99 Å². The Morgan fingerprint density at radius 3 is 2.68 bits per heavy atom. The van der Waals surface area contributed by atoms with Crippen LogP contribution < -0.4 is 10.2 Å². The molecule has 152 valence electrons. The van der Waals surface area contributed by atoms with E-state index in [4.69, 9.17) is 4.99 Å². The third-order valence-electron chi connectivity index (χ3n) is 4.73. The number of nitrogens with zero attached hydrogens (tertiary/aromatic N) is 5. The molecule has 1 aliphatic heterocycles. The SMILES string of the molecule is CCNC(=NCCCn1cc(C)cn1)N1CCN(c2cc(F)ccc2F)CC1. The lowest BCUT2D eigenvalue weighted by Crippen LogP contribution is -2.52. The molecule has 1 N–H and O–H groups in total. The second-order valence-corrected chi connectivity index (χ2v) is 6.94. The van der Waals surface area contributed by atoms with E-state index in [2.05, 4.69) is 15.3 Å². The van der Waals surface area contributed by atoms with Crippen LogP contribution in [-0.2, 0) is 6.54 Å². The summed E-state index contributed by atoms with van der Waals surface area (Å²) in [6, 6.07) is 3.60. The van der Waals surface area contributed by atoms with E-state index >= 15 is 0 Å². The number of hydrogen-bond acceptors (Lipinski definition) is 3. The zero-order valence-corrected chi connectivity index (χ0v) is 16.5. The van der Waals surface area contributed by atoms with E-state index in [1.54, 1.807) is 0 Å². The van der Waals surface area contributed by atoms with Crippen molar-refractivity contribution in [3.63, 3.8) is 0 Å². The minimum atomic E-state index is -0.416. The molecule has 2 heterocycles. The second-order valence-electron chi connectivity index (χ2n) is 6.94. The summed E-state index contributed by atoms with van der Waals surface area (Å²) < 4.78 is 29.4. The molecule has 1 aromatic heterocycles. The van der Waals surface area contributed by atoms with Crippen LogP contribution in [-0.4, -0.2) is 59.9 Å². The van der Waals surface area contributed by atoms with Gasteiger partial charge >= 0.3 is 0 Å². The van der Waals surface area contributed by atoms with Gasteiger partial charge in [0.05, 0.1) is 11.9 Å². The highest BCUT2D eigenvalue weighted by Gasteiger charge is 2.22. The van der Waals surface area contributed by atoms with Gasteiger partial charge < -0.3 is 15.1 Å². The fraction of sp³-hybridized carbons (Fsp3) is 0.500. The number of rotatable bonds is 6. The van der Waals surface area contributed by atoms with E-state index < -0.39 is 5.82 Å². The maximum absolute atomic E-state index is 14.0. The third-order valence-corrected chi connectivity index (χ3v) is 4.73. The van der Waals surface area contributed by atoms with E-state index in [9.17, 15) is 8.78 Å². The van der Waals surface area contributed by atoms with Gasteiger partial charge in [0.25, 0.3) is 0 Å². The Hall–Kier alpha value is -2.64. The van der Waals surface area contributed by atoms with Crippen molar-refractivity contribution >= 4 is 11.6 Å². The smallest absolute Gasteiger partial charge is 0.194 e. The molecule has 3 rings (SSSR count). The van der Waals surface area contributed by atoms with Crippen LogP contribution in [0.2, 0.25) is 0 Å². The first-order valence-electron chi connectivity index (χ1n) is 9.79. The van der Waals surface area contributed by atoms with E-state index in [1.807, 2.05) is 35.8 Å². The molecule has 0 unspecified atom stereocenters. The van der Waals surface area contributed by atoms with Crippen molar-refractivity contribution in [1.29, 1.82) is 0 Å². The monoisotopic (exact) mass is 390 g/mol. The molecule has 1 aromatic carbocycles. The molecule has 1 fully saturated rings. The molecule has 0 saturated carbocycles. The Morgan fingerprint density at radius 2 is 2.00 bits per heavy atom. The maximum Gasteiger partial charge on any atom is 0.194 e. The van der Waals surface area contributed by atoms with Crippen molar-refractivity contribution < 1.29 is 8.78 Å². The molecule has 0 aliphatic carbocycles. The molecule has 6 nitrogen and oxygen atoms in total. The number of aromatic nitrogens is 2. The highest BCUT2D eigenvalue weighted by atomic mass is 19.1. The number of piperazine rings is 1. The average molecular weight is 390 g/mol. The second kappa shape index (κ2) is 9.52. The minimum absolute atomic E-state index is 0.330. The molecule has 1 aliphatic rings. The lowest BCUT2D eigenvalue weighted by atomic mass is 10.2. The Morgan fingerprint density at radius 1 is 1.21 bits per heavy atom. The van der Waals surface area contributed by atoms with Crippen LogP contribution in [0.1, 0.15) is 18.9 Å². The Labute approximate surface area is 164 Å². The average Bonchev–Trinajstić information content (AvgIpc) is 3.11. The van der Waals surface area contributed by atoms with Crippen molar-refractivity contribution in [2.45, 2.75) is 26.8 Å². The van der Waals surface area contributed by atoms with Crippen molar-refractivity contribution in [2.75, 3.05) is 44.2 Å². The lowest BCUT2D eigenvalue weighted by molar-refractivity contribution is 0.370. The molecule has 1 saturated heterocycles. The first-order chi connectivity index (χ1) is 13.6. The summed E-state index contributed by atoms with van der Waals surface area (Å²) in [6.45, 7) is 9.06. The Kier molecular flexibility index (Phi) is 6.84. The zero-order chi connectivity index (χ0) is 19.9. The van der Waals surface area contributed by atoms with Crippen LogP contribution >= 0.6 is 0 Å². The quantitative estimate of drug-likeness (QED) is 0.468. The maximum atomic E-state index is 14.0. The van der Waals surface area contributed by atoms with Gasteiger partial charge in [-0.3, -0.25) is 9.67 Å². The molecule has 2 aromatic rings. The number of hydrogen-bond donors (Lipinski definition) is 1. The highest BCUT2D eigenvalue weighted by Crippen LogP contribution is 2.21. The van der Waals surface area contributed by atoms with Crippen molar-refractivity contribution in [3.8, 4) is 0 Å². The first kappa shape index (κ1) is 20.1. The minimum Gasteiger partial charge on any atom is -0.366 e. The summed E-state index contributed by atoms with van der Waals surface area (Å²) in [6.07, 6.45) is 4.79. The third kappa shape index (κ3) is 5.21. The number of aryl methyl sites for hydroxylation is 2. The molecule has 0 atom stereocenters. The van der Waals surface area contributed by atoms with E-state index in [1.165, 1.54) is 12.1 Å². The van der Waals surface area contributed by atoms with Crippen LogP contribution in [0.3, 0.4) is 0 Å². The summed E-state index contributed by atoms with van der Waals surface area (Å²) in [5.74, 6) is 0.0731. The fourth-order valence-corrected chi connectivity index (χ4v) is 3.32. The Balaban J connectivity index is 1.54. The number of halogens is 2. The summed E-state index contributed by atoms with van der Waals surface area (Å²) in [7, 11) is 0. The first-order valence-corrected chi connectivity index (χ1v) is 9.79. The summed E-state index contributed by atoms with van der Waals surface area (Å²) in [4.78, 5) is 8.79. The standard InChI is InChI=1S/C20H28F2N6/c1-3-23-20(24-7-4-8-28-15-16(2)14-25-28)27-11-9-26(10-12-27)19-13-17(21)5-6-18(19)22/h5-6,13-15H,3-4,7-12H2,1-2H3,(H,23,24). The molecule has 0 spiro atoms. The largest absolute Gasteiger partial charge is 0.366 e. The predicted octanol–water partition coefficient (Wildman–Crippen LogP) is 2.65. The van der Waals surface area contributed by atoms with Crippen molar-refractivity contribution in [1.82, 2.24) is 20.0 Å². The van der Waals surface area contributed by atoms with Gasteiger partial charge in [0.1, 0.15) is 11.6 Å². The highest BCUT2D eigenvalue weighted by molar-refractivity contribution is 5.80. The summed E-state index contributed by atoms with van der Waals surface area (Å²) in [5, 5.41) is 7.62. The number of anilines is 1. The molecule has 0 radical (unpaired) electrons. The number of aliphatic imine (C=N–C) groups is 1. The van der Waals surface area contributed by atoms with Crippen LogP contribution in [0.25, 0.3) is 0 Å². The van der Waals surface area contributed by atoms with Crippen LogP contribution in [0.4, 0.5) is 14.5 Å². The van der Waals surface area contributed by atoms with Gasteiger partial charge in [-0.25, -0.2) is 8.78 Å². The molecular formula is C20H28F2N6. The van der Waals surface area contributed by atoms with Gasteiger partial charge in [-0.15, -0.1) is 0 Å². The van der Waals surface area contributed by atoms with Gasteiger partial charge in [0.2, 0.25) is 0 Å². The summed E-state index contributed by atoms with van der Waals surface area (Å²) >= 11 is 0. The van der Waals surface area contributed by atoms with E-state index in [0.29, 0.717) is 38.4 Å². The van der Waals surface area contributed by atoms with Gasteiger partial charge in [0.15, 0.2) is 5.96 Å². The molecule has 0 bridgehead atoms. The van der Waals surface area contributed by atoms with E-state index in [0.717, 1.165) is 37.1 Å². The predicted molar refractivity (Wildman–Crippen MR) is 108 cm³/mol. The number of benzene rings is 1. The molecule has 0 amide bonds. The number of guanidine groups is 1. The van der Waals surface area contributed by atoms with Gasteiger partial charge in [0, 0.05) is 58.1 Å².